The third kappa shape index (κ3) is 2.35. The molecule has 1 aliphatic carbocycles. The molecular weight excluding hydrogens is 234 g/mol. The number of benzene rings is 1. The van der Waals surface area contributed by atoms with Crippen molar-refractivity contribution in [3.63, 3.8) is 0 Å². The zero-order valence-corrected chi connectivity index (χ0v) is 10.2. The summed E-state index contributed by atoms with van der Waals surface area (Å²) in [6, 6.07) is 6.66. The Labute approximate surface area is 105 Å². The van der Waals surface area contributed by atoms with Crippen LogP contribution < -0.4 is 5.32 Å². The highest BCUT2D eigenvalue weighted by Crippen LogP contribution is 2.25. The lowest BCUT2D eigenvalue weighted by Crippen LogP contribution is -2.17. The second-order valence-electron chi connectivity index (χ2n) is 4.36. The predicted octanol–water partition coefficient (Wildman–Crippen LogP) is 2.78. The smallest absolute Gasteiger partial charge is 0.0991 e. The van der Waals surface area contributed by atoms with Crippen LogP contribution >= 0.6 is 11.6 Å². The van der Waals surface area contributed by atoms with Gasteiger partial charge in [-0.05, 0) is 25.0 Å². The standard InChI is InChI=1S/C13H14ClN3/c14-12-2-1-3-13(17-7-6-15-9-17)11(12)8-16-10-4-5-10/h1-3,6-7,9-10,16H,4-5,8H2. The molecule has 0 radical (unpaired) electrons. The van der Waals surface area contributed by atoms with Crippen LogP contribution in [0.15, 0.2) is 36.9 Å². The summed E-state index contributed by atoms with van der Waals surface area (Å²) in [5.74, 6) is 0. The average Bonchev–Trinajstić information content (AvgIpc) is 3.00. The van der Waals surface area contributed by atoms with Gasteiger partial charge in [0, 0.05) is 35.6 Å². The molecule has 0 aliphatic heterocycles. The number of rotatable bonds is 4. The minimum Gasteiger partial charge on any atom is -0.310 e. The molecule has 1 aromatic heterocycles. The van der Waals surface area contributed by atoms with E-state index in [0.717, 1.165) is 22.8 Å². The SMILES string of the molecule is Clc1cccc(-n2ccnc2)c1CNC1CC1. The molecule has 17 heavy (non-hydrogen) atoms. The van der Waals surface area contributed by atoms with Crippen molar-refractivity contribution in [2.75, 3.05) is 0 Å². The van der Waals surface area contributed by atoms with Crippen molar-refractivity contribution in [2.45, 2.75) is 25.4 Å². The molecule has 0 amide bonds. The first-order valence-electron chi connectivity index (χ1n) is 5.84. The highest BCUT2D eigenvalue weighted by Gasteiger charge is 2.21. The summed E-state index contributed by atoms with van der Waals surface area (Å²) in [5.41, 5.74) is 2.24. The Balaban J connectivity index is 1.92. The Morgan fingerprint density at radius 2 is 2.29 bits per heavy atom. The molecule has 4 heteroatoms. The van der Waals surface area contributed by atoms with Crippen LogP contribution in [0.25, 0.3) is 5.69 Å². The lowest BCUT2D eigenvalue weighted by Gasteiger charge is -2.12. The number of aromatic nitrogens is 2. The van der Waals surface area contributed by atoms with Crippen molar-refractivity contribution >= 4 is 11.6 Å². The van der Waals surface area contributed by atoms with Gasteiger partial charge in [0.15, 0.2) is 0 Å². The molecule has 1 aliphatic rings. The Bertz CT molecular complexity index is 503. The van der Waals surface area contributed by atoms with Gasteiger partial charge in [-0.3, -0.25) is 0 Å². The zero-order valence-electron chi connectivity index (χ0n) is 9.44. The molecule has 88 valence electrons. The molecule has 3 nitrogen and oxygen atoms in total. The second-order valence-corrected chi connectivity index (χ2v) is 4.77. The van der Waals surface area contributed by atoms with E-state index in [1.807, 2.05) is 22.9 Å². The fourth-order valence-corrected chi connectivity index (χ4v) is 2.14. The molecule has 2 aromatic rings. The van der Waals surface area contributed by atoms with Crippen molar-refractivity contribution in [1.82, 2.24) is 14.9 Å². The monoisotopic (exact) mass is 247 g/mol. The fourth-order valence-electron chi connectivity index (χ4n) is 1.90. The van der Waals surface area contributed by atoms with E-state index in [0.29, 0.717) is 6.04 Å². The number of nitrogens with zero attached hydrogens (tertiary/aromatic N) is 2. The van der Waals surface area contributed by atoms with Gasteiger partial charge in [-0.1, -0.05) is 17.7 Å². The summed E-state index contributed by atoms with van der Waals surface area (Å²) in [4.78, 5) is 4.08. The highest BCUT2D eigenvalue weighted by molar-refractivity contribution is 6.31. The zero-order chi connectivity index (χ0) is 11.7. The van der Waals surface area contributed by atoms with Crippen LogP contribution in [0.1, 0.15) is 18.4 Å². The summed E-state index contributed by atoms with van der Waals surface area (Å²) in [5, 5.41) is 4.31. The maximum atomic E-state index is 6.28. The van der Waals surface area contributed by atoms with Crippen molar-refractivity contribution in [3.8, 4) is 5.69 Å². The van der Waals surface area contributed by atoms with Crippen LogP contribution in [0.2, 0.25) is 5.02 Å². The lowest BCUT2D eigenvalue weighted by atomic mass is 10.1. The minimum absolute atomic E-state index is 0.682. The van der Waals surface area contributed by atoms with Gasteiger partial charge in [0.1, 0.15) is 0 Å². The van der Waals surface area contributed by atoms with Gasteiger partial charge in [-0.25, -0.2) is 4.98 Å². The maximum Gasteiger partial charge on any atom is 0.0991 e. The van der Waals surface area contributed by atoms with Crippen molar-refractivity contribution in [2.24, 2.45) is 0 Å². The topological polar surface area (TPSA) is 29.9 Å². The third-order valence-electron chi connectivity index (χ3n) is 3.02. The van der Waals surface area contributed by atoms with Crippen LogP contribution in [0, 0.1) is 0 Å². The van der Waals surface area contributed by atoms with Crippen molar-refractivity contribution in [1.29, 1.82) is 0 Å². The summed E-state index contributed by atoms with van der Waals surface area (Å²) in [7, 11) is 0. The number of nitrogens with one attached hydrogen (secondary N) is 1. The molecule has 1 heterocycles. The Morgan fingerprint density at radius 1 is 1.41 bits per heavy atom. The van der Waals surface area contributed by atoms with Gasteiger partial charge in [-0.2, -0.15) is 0 Å². The van der Waals surface area contributed by atoms with E-state index in [4.69, 9.17) is 11.6 Å². The molecule has 3 rings (SSSR count). The number of hydrogen-bond donors (Lipinski definition) is 1. The van der Waals surface area contributed by atoms with Crippen LogP contribution in [-0.2, 0) is 6.54 Å². The van der Waals surface area contributed by atoms with Gasteiger partial charge in [0.2, 0.25) is 0 Å². The number of hydrogen-bond acceptors (Lipinski definition) is 2. The number of imidazole rings is 1. The van der Waals surface area contributed by atoms with E-state index in [1.54, 1.807) is 12.5 Å². The van der Waals surface area contributed by atoms with E-state index < -0.39 is 0 Å². The van der Waals surface area contributed by atoms with E-state index >= 15 is 0 Å². The quantitative estimate of drug-likeness (QED) is 0.901. The molecule has 1 N–H and O–H groups in total. The largest absolute Gasteiger partial charge is 0.310 e. The molecule has 0 saturated heterocycles. The normalized spacial score (nSPS) is 15.1. The Kier molecular flexibility index (Phi) is 2.87. The first-order chi connectivity index (χ1) is 8.34. The van der Waals surface area contributed by atoms with Gasteiger partial charge in [0.25, 0.3) is 0 Å². The van der Waals surface area contributed by atoms with Crippen LogP contribution in [0.4, 0.5) is 0 Å². The molecular formula is C13H14ClN3. The lowest BCUT2D eigenvalue weighted by molar-refractivity contribution is 0.684. The molecule has 0 atom stereocenters. The second kappa shape index (κ2) is 4.51. The highest BCUT2D eigenvalue weighted by atomic mass is 35.5. The van der Waals surface area contributed by atoms with Crippen molar-refractivity contribution < 1.29 is 0 Å². The van der Waals surface area contributed by atoms with Crippen molar-refractivity contribution in [3.05, 3.63) is 47.5 Å². The van der Waals surface area contributed by atoms with Crippen LogP contribution in [0.5, 0.6) is 0 Å². The molecule has 0 unspecified atom stereocenters. The Morgan fingerprint density at radius 3 is 3.00 bits per heavy atom. The minimum atomic E-state index is 0.682. The molecule has 1 fully saturated rings. The Hall–Kier alpha value is -1.32. The van der Waals surface area contributed by atoms with E-state index in [-0.39, 0.29) is 0 Å². The van der Waals surface area contributed by atoms with Gasteiger partial charge >= 0.3 is 0 Å². The van der Waals surface area contributed by atoms with Gasteiger partial charge < -0.3 is 9.88 Å². The van der Waals surface area contributed by atoms with Crippen LogP contribution in [-0.4, -0.2) is 15.6 Å². The fraction of sp³-hybridized carbons (Fsp3) is 0.308. The van der Waals surface area contributed by atoms with Gasteiger partial charge in [-0.15, -0.1) is 0 Å². The molecule has 0 spiro atoms. The molecule has 1 aromatic carbocycles. The van der Waals surface area contributed by atoms with E-state index in [2.05, 4.69) is 16.4 Å². The first-order valence-corrected chi connectivity index (χ1v) is 6.21. The molecule has 0 bridgehead atoms. The van der Waals surface area contributed by atoms with Crippen LogP contribution in [0.3, 0.4) is 0 Å². The van der Waals surface area contributed by atoms with Gasteiger partial charge in [0.05, 0.1) is 12.0 Å². The van der Waals surface area contributed by atoms with E-state index in [9.17, 15) is 0 Å². The summed E-state index contributed by atoms with van der Waals surface area (Å²) >= 11 is 6.28. The number of halogens is 1. The summed E-state index contributed by atoms with van der Waals surface area (Å²) < 4.78 is 2.00. The predicted molar refractivity (Wildman–Crippen MR) is 68.4 cm³/mol. The van der Waals surface area contributed by atoms with E-state index in [1.165, 1.54) is 12.8 Å². The third-order valence-corrected chi connectivity index (χ3v) is 3.38. The summed E-state index contributed by atoms with van der Waals surface area (Å²) in [6.07, 6.45) is 8.08. The summed E-state index contributed by atoms with van der Waals surface area (Å²) in [6.45, 7) is 0.817. The maximum absolute atomic E-state index is 6.28. The average molecular weight is 248 g/mol. The first kappa shape index (κ1) is 10.8. The molecule has 1 saturated carbocycles.